The van der Waals surface area contributed by atoms with E-state index in [1.165, 1.54) is 30.6 Å². The van der Waals surface area contributed by atoms with Crippen LogP contribution < -0.4 is 5.32 Å². The van der Waals surface area contributed by atoms with Gasteiger partial charge in [0.25, 0.3) is 0 Å². The molecule has 0 spiro atoms. The third-order valence-electron chi connectivity index (χ3n) is 5.58. The number of amides is 2. The molecule has 2 aliphatic carbocycles. The Balaban J connectivity index is 1.57. The van der Waals surface area contributed by atoms with Crippen molar-refractivity contribution in [2.24, 2.45) is 17.8 Å². The summed E-state index contributed by atoms with van der Waals surface area (Å²) in [6.07, 6.45) is 6.57. The largest absolute Gasteiger partial charge is 0.480 e. The molecular formula is C15H24N2O3. The van der Waals surface area contributed by atoms with E-state index in [1.54, 1.807) is 0 Å². The molecule has 5 atom stereocenters. The zero-order valence-corrected chi connectivity index (χ0v) is 12.0. The van der Waals surface area contributed by atoms with Gasteiger partial charge in [0, 0.05) is 12.6 Å². The van der Waals surface area contributed by atoms with Gasteiger partial charge in [-0.2, -0.15) is 0 Å². The van der Waals surface area contributed by atoms with Crippen LogP contribution in [-0.4, -0.2) is 40.6 Å². The van der Waals surface area contributed by atoms with Crippen molar-refractivity contribution in [3.05, 3.63) is 0 Å². The number of nitrogens with zero attached hydrogens (tertiary/aromatic N) is 1. The Hall–Kier alpha value is -1.26. The lowest BCUT2D eigenvalue weighted by atomic mass is 9.84. The number of aliphatic carboxylic acids is 1. The highest BCUT2D eigenvalue weighted by atomic mass is 16.4. The molecule has 0 aromatic heterocycles. The monoisotopic (exact) mass is 280 g/mol. The number of rotatable bonds is 3. The molecule has 5 unspecified atom stereocenters. The van der Waals surface area contributed by atoms with Crippen LogP contribution in [0.3, 0.4) is 0 Å². The first kappa shape index (κ1) is 13.7. The first-order valence-electron chi connectivity index (χ1n) is 7.86. The second-order valence-electron chi connectivity index (χ2n) is 6.77. The minimum absolute atomic E-state index is 0.160. The highest BCUT2D eigenvalue weighted by Crippen LogP contribution is 2.49. The van der Waals surface area contributed by atoms with Crippen molar-refractivity contribution >= 4 is 12.0 Å². The Morgan fingerprint density at radius 2 is 2.05 bits per heavy atom. The van der Waals surface area contributed by atoms with Gasteiger partial charge >= 0.3 is 12.0 Å². The average molecular weight is 280 g/mol. The van der Waals surface area contributed by atoms with Gasteiger partial charge in [-0.1, -0.05) is 6.42 Å². The number of hydrogen-bond donors (Lipinski definition) is 2. The number of hydrogen-bond acceptors (Lipinski definition) is 2. The van der Waals surface area contributed by atoms with Gasteiger partial charge in [-0.3, -0.25) is 0 Å². The van der Waals surface area contributed by atoms with Crippen LogP contribution in [0, 0.1) is 17.8 Å². The summed E-state index contributed by atoms with van der Waals surface area (Å²) in [5.41, 5.74) is 0. The summed E-state index contributed by atoms with van der Waals surface area (Å²) in [5.74, 6) is 1.33. The minimum Gasteiger partial charge on any atom is -0.480 e. The van der Waals surface area contributed by atoms with Crippen molar-refractivity contribution < 1.29 is 14.7 Å². The van der Waals surface area contributed by atoms with Crippen LogP contribution in [0.15, 0.2) is 0 Å². The topological polar surface area (TPSA) is 69.6 Å². The van der Waals surface area contributed by atoms with Crippen molar-refractivity contribution in [1.29, 1.82) is 0 Å². The molecule has 5 nitrogen and oxygen atoms in total. The van der Waals surface area contributed by atoms with Gasteiger partial charge in [0.05, 0.1) is 0 Å². The molecule has 0 aromatic rings. The molecule has 0 aromatic carbocycles. The third kappa shape index (κ3) is 2.38. The maximum absolute atomic E-state index is 12.3. The number of urea groups is 1. The molecular weight excluding hydrogens is 256 g/mol. The van der Waals surface area contributed by atoms with Crippen molar-refractivity contribution in [2.45, 2.75) is 57.5 Å². The van der Waals surface area contributed by atoms with E-state index in [0.717, 1.165) is 18.3 Å². The lowest BCUT2D eigenvalue weighted by molar-refractivity contribution is -0.141. The molecule has 2 bridgehead atoms. The number of carboxylic acid groups (broad SMARTS) is 1. The summed E-state index contributed by atoms with van der Waals surface area (Å²) >= 11 is 0. The van der Waals surface area contributed by atoms with E-state index in [0.29, 0.717) is 18.9 Å². The lowest BCUT2D eigenvalue weighted by Crippen LogP contribution is -2.50. The van der Waals surface area contributed by atoms with Crippen LogP contribution in [0.5, 0.6) is 0 Å². The zero-order valence-electron chi connectivity index (χ0n) is 12.0. The number of nitrogens with one attached hydrogen (secondary N) is 1. The van der Waals surface area contributed by atoms with Gasteiger partial charge in [-0.15, -0.1) is 0 Å². The molecule has 3 rings (SSSR count). The third-order valence-corrected chi connectivity index (χ3v) is 5.58. The van der Waals surface area contributed by atoms with Gasteiger partial charge in [-0.05, 0) is 56.8 Å². The van der Waals surface area contributed by atoms with Gasteiger partial charge in [0.1, 0.15) is 6.04 Å². The van der Waals surface area contributed by atoms with Gasteiger partial charge < -0.3 is 15.3 Å². The van der Waals surface area contributed by atoms with Crippen molar-refractivity contribution in [3.8, 4) is 0 Å². The van der Waals surface area contributed by atoms with Crippen LogP contribution in [0.1, 0.15) is 45.4 Å². The second kappa shape index (κ2) is 5.26. The fourth-order valence-electron chi connectivity index (χ4n) is 4.56. The predicted octanol–water partition coefficient (Wildman–Crippen LogP) is 2.07. The number of carboxylic acids is 1. The Kier molecular flexibility index (Phi) is 3.61. The molecule has 1 aliphatic heterocycles. The normalized spacial score (nSPS) is 37.1. The van der Waals surface area contributed by atoms with Gasteiger partial charge in [0.15, 0.2) is 0 Å². The minimum atomic E-state index is -0.884. The SMILES string of the molecule is CC(NC(=O)N1CCCC1C(=O)O)C1CC2CCC1C2. The summed E-state index contributed by atoms with van der Waals surface area (Å²) in [6, 6.07) is -0.666. The lowest BCUT2D eigenvalue weighted by Gasteiger charge is -2.31. The Labute approximate surface area is 119 Å². The summed E-state index contributed by atoms with van der Waals surface area (Å²) in [7, 11) is 0. The molecule has 2 N–H and O–H groups in total. The molecule has 0 radical (unpaired) electrons. The highest BCUT2D eigenvalue weighted by Gasteiger charge is 2.43. The molecule has 1 saturated heterocycles. The van der Waals surface area contributed by atoms with E-state index in [9.17, 15) is 9.59 Å². The summed E-state index contributed by atoms with van der Waals surface area (Å²) in [6.45, 7) is 2.64. The quantitative estimate of drug-likeness (QED) is 0.831. The first-order valence-corrected chi connectivity index (χ1v) is 7.86. The highest BCUT2D eigenvalue weighted by molar-refractivity contribution is 5.83. The number of likely N-dealkylation sites (tertiary alicyclic amines) is 1. The molecule has 1 heterocycles. The molecule has 3 aliphatic rings. The number of carbonyl (C=O) groups excluding carboxylic acids is 1. The van der Waals surface area contributed by atoms with Crippen molar-refractivity contribution in [2.75, 3.05) is 6.54 Å². The maximum Gasteiger partial charge on any atom is 0.326 e. The predicted molar refractivity (Wildman–Crippen MR) is 74.3 cm³/mol. The van der Waals surface area contributed by atoms with E-state index in [-0.39, 0.29) is 12.1 Å². The average Bonchev–Trinajstić information content (AvgIpc) is 3.13. The van der Waals surface area contributed by atoms with Crippen LogP contribution in [0.4, 0.5) is 4.79 Å². The molecule has 5 heteroatoms. The summed E-state index contributed by atoms with van der Waals surface area (Å²) in [5, 5.41) is 12.2. The molecule has 3 fully saturated rings. The van der Waals surface area contributed by atoms with Crippen LogP contribution in [0.2, 0.25) is 0 Å². The van der Waals surface area contributed by atoms with Crippen LogP contribution in [-0.2, 0) is 4.79 Å². The van der Waals surface area contributed by atoms with Gasteiger partial charge in [-0.25, -0.2) is 9.59 Å². The maximum atomic E-state index is 12.3. The first-order chi connectivity index (χ1) is 9.56. The van der Waals surface area contributed by atoms with Crippen LogP contribution in [0.25, 0.3) is 0 Å². The zero-order chi connectivity index (χ0) is 14.3. The fraction of sp³-hybridized carbons (Fsp3) is 0.867. The van der Waals surface area contributed by atoms with Crippen molar-refractivity contribution in [1.82, 2.24) is 10.2 Å². The Morgan fingerprint density at radius 3 is 2.65 bits per heavy atom. The van der Waals surface area contributed by atoms with Gasteiger partial charge in [0.2, 0.25) is 0 Å². The van der Waals surface area contributed by atoms with E-state index in [1.807, 2.05) is 0 Å². The standard InChI is InChI=1S/C15H24N2O3/c1-9(12-8-10-4-5-11(12)7-10)16-15(20)17-6-2-3-13(17)14(18)19/h9-13H,2-8H2,1H3,(H,16,20)(H,18,19). The van der Waals surface area contributed by atoms with E-state index in [4.69, 9.17) is 5.11 Å². The summed E-state index contributed by atoms with van der Waals surface area (Å²) in [4.78, 5) is 24.9. The second-order valence-corrected chi connectivity index (χ2v) is 6.77. The van der Waals surface area contributed by atoms with E-state index < -0.39 is 12.0 Å². The molecule has 2 saturated carbocycles. The van der Waals surface area contributed by atoms with Crippen LogP contribution >= 0.6 is 0 Å². The Bertz CT molecular complexity index is 412. The van der Waals surface area contributed by atoms with E-state index in [2.05, 4.69) is 12.2 Å². The fourth-order valence-corrected chi connectivity index (χ4v) is 4.56. The van der Waals surface area contributed by atoms with E-state index >= 15 is 0 Å². The number of carbonyl (C=O) groups is 2. The van der Waals surface area contributed by atoms with Crippen molar-refractivity contribution in [3.63, 3.8) is 0 Å². The number of fused-ring (bicyclic) bond motifs is 2. The molecule has 112 valence electrons. The molecule has 2 amide bonds. The smallest absolute Gasteiger partial charge is 0.326 e. The molecule has 20 heavy (non-hydrogen) atoms. The Morgan fingerprint density at radius 1 is 1.25 bits per heavy atom. The summed E-state index contributed by atoms with van der Waals surface area (Å²) < 4.78 is 0.